The van der Waals surface area contributed by atoms with E-state index in [1.54, 1.807) is 30.9 Å². The highest BCUT2D eigenvalue weighted by molar-refractivity contribution is 5.93. The van der Waals surface area contributed by atoms with Crippen LogP contribution in [0, 0.1) is 23.5 Å². The highest BCUT2D eigenvalue weighted by atomic mass is 19.1. The van der Waals surface area contributed by atoms with E-state index in [0.29, 0.717) is 50.3 Å². The number of ketones is 1. The molecule has 1 amide bonds. The van der Waals surface area contributed by atoms with Crippen LogP contribution in [0.15, 0.2) is 30.3 Å². The normalized spacial score (nSPS) is 20.2. The van der Waals surface area contributed by atoms with Gasteiger partial charge in [0.05, 0.1) is 13.2 Å². The van der Waals surface area contributed by atoms with Gasteiger partial charge in [0.15, 0.2) is 5.78 Å². The molecule has 0 radical (unpaired) electrons. The molecule has 0 bridgehead atoms. The number of carbonyl (C=O) groups is 3. The smallest absolute Gasteiger partial charge is 0.303 e. The summed E-state index contributed by atoms with van der Waals surface area (Å²) in [6.07, 6.45) is 1.23. The van der Waals surface area contributed by atoms with E-state index in [0.717, 1.165) is 5.56 Å². The van der Waals surface area contributed by atoms with Crippen LogP contribution in [0.4, 0.5) is 8.78 Å². The average Bonchev–Trinajstić information content (AvgIpc) is 2.87. The maximum absolute atomic E-state index is 15.2. The van der Waals surface area contributed by atoms with Crippen LogP contribution < -0.4 is 4.74 Å². The Morgan fingerprint density at radius 1 is 1.05 bits per heavy atom. The second-order valence-electron chi connectivity index (χ2n) is 11.7. The maximum Gasteiger partial charge on any atom is 0.303 e. The number of benzene rings is 2. The van der Waals surface area contributed by atoms with Gasteiger partial charge in [-0.1, -0.05) is 19.9 Å². The molecule has 1 aliphatic heterocycles. The second kappa shape index (κ2) is 12.7. The number of nitrogens with zero attached hydrogens (tertiary/aromatic N) is 1. The summed E-state index contributed by atoms with van der Waals surface area (Å²) in [6, 6.07) is 6.90. The molecule has 1 heterocycles. The molecule has 2 aliphatic rings. The first-order chi connectivity index (χ1) is 19.4. The molecular formula is C32H39F2NO6. The zero-order valence-electron chi connectivity index (χ0n) is 24.2. The van der Waals surface area contributed by atoms with Gasteiger partial charge in [0.2, 0.25) is 5.91 Å². The first kappa shape index (κ1) is 30.6. The van der Waals surface area contributed by atoms with E-state index < -0.39 is 29.1 Å². The minimum absolute atomic E-state index is 0.0175. The highest BCUT2D eigenvalue weighted by Gasteiger charge is 2.43. The van der Waals surface area contributed by atoms with Crippen molar-refractivity contribution in [1.82, 2.24) is 4.90 Å². The van der Waals surface area contributed by atoms with Crippen LogP contribution in [0.25, 0.3) is 0 Å². The molecule has 41 heavy (non-hydrogen) atoms. The van der Waals surface area contributed by atoms with Crippen molar-refractivity contribution in [1.29, 1.82) is 0 Å². The molecule has 222 valence electrons. The number of carbonyl (C=O) groups excluding carboxylic acids is 2. The first-order valence-electron chi connectivity index (χ1n) is 14.3. The van der Waals surface area contributed by atoms with Crippen molar-refractivity contribution in [3.05, 3.63) is 64.2 Å². The molecule has 0 unspecified atom stereocenters. The van der Waals surface area contributed by atoms with Gasteiger partial charge in [0.25, 0.3) is 0 Å². The van der Waals surface area contributed by atoms with Gasteiger partial charge in [-0.3, -0.25) is 14.4 Å². The van der Waals surface area contributed by atoms with Crippen LogP contribution in [-0.2, 0) is 37.4 Å². The fourth-order valence-electron chi connectivity index (χ4n) is 6.13. The van der Waals surface area contributed by atoms with Crippen LogP contribution in [0.5, 0.6) is 5.75 Å². The van der Waals surface area contributed by atoms with E-state index >= 15 is 8.78 Å². The number of ether oxygens (including phenoxy) is 2. The Labute approximate surface area is 239 Å². The van der Waals surface area contributed by atoms with E-state index in [-0.39, 0.29) is 54.1 Å². The van der Waals surface area contributed by atoms with Gasteiger partial charge in [0, 0.05) is 42.9 Å². The number of carboxylic acids is 1. The monoisotopic (exact) mass is 571 g/mol. The van der Waals surface area contributed by atoms with Gasteiger partial charge in [-0.15, -0.1) is 0 Å². The molecule has 1 N–H and O–H groups in total. The lowest BCUT2D eigenvalue weighted by Crippen LogP contribution is -2.49. The predicted molar refractivity (Wildman–Crippen MR) is 149 cm³/mol. The summed E-state index contributed by atoms with van der Waals surface area (Å²) >= 11 is 0. The molecule has 1 fully saturated rings. The summed E-state index contributed by atoms with van der Waals surface area (Å²) in [7, 11) is 0. The molecular weight excluding hydrogens is 532 g/mol. The Balaban J connectivity index is 1.61. The SMILES string of the molecule is CCOCC(C)(C)c1c(F)cc(CC(=O)[C@H]2c3ccc(OCC)cc3CCN2C(=O)C2CC(CC(=O)O)C2)cc1F. The molecule has 1 saturated carbocycles. The zero-order chi connectivity index (χ0) is 29.9. The molecule has 1 aliphatic carbocycles. The summed E-state index contributed by atoms with van der Waals surface area (Å²) in [5.74, 6) is -2.64. The molecule has 9 heteroatoms. The first-order valence-corrected chi connectivity index (χ1v) is 14.3. The molecule has 2 aromatic carbocycles. The molecule has 0 saturated heterocycles. The number of aliphatic carboxylic acids is 1. The zero-order valence-corrected chi connectivity index (χ0v) is 24.2. The van der Waals surface area contributed by atoms with Gasteiger partial charge in [-0.25, -0.2) is 8.78 Å². The van der Waals surface area contributed by atoms with Gasteiger partial charge < -0.3 is 19.5 Å². The van der Waals surface area contributed by atoms with Crippen molar-refractivity contribution in [2.24, 2.45) is 11.8 Å². The molecule has 0 spiro atoms. The third-order valence-electron chi connectivity index (χ3n) is 8.11. The van der Waals surface area contributed by atoms with Gasteiger partial charge in [-0.2, -0.15) is 0 Å². The van der Waals surface area contributed by atoms with Crippen LogP contribution in [0.3, 0.4) is 0 Å². The van der Waals surface area contributed by atoms with E-state index in [4.69, 9.17) is 14.6 Å². The topological polar surface area (TPSA) is 93.1 Å². The number of amides is 1. The van der Waals surface area contributed by atoms with Crippen LogP contribution in [0.1, 0.15) is 75.3 Å². The van der Waals surface area contributed by atoms with E-state index in [2.05, 4.69) is 0 Å². The lowest BCUT2D eigenvalue weighted by Gasteiger charge is -2.42. The Kier molecular flexibility index (Phi) is 9.47. The molecule has 7 nitrogen and oxygen atoms in total. The quantitative estimate of drug-likeness (QED) is 0.366. The molecule has 4 rings (SSSR count). The third kappa shape index (κ3) is 6.77. The van der Waals surface area contributed by atoms with Crippen molar-refractivity contribution < 1.29 is 37.7 Å². The van der Waals surface area contributed by atoms with Crippen LogP contribution in [-0.4, -0.2) is 54.0 Å². The summed E-state index contributed by atoms with van der Waals surface area (Å²) in [6.45, 7) is 8.46. The number of hydrogen-bond donors (Lipinski definition) is 1. The second-order valence-corrected chi connectivity index (χ2v) is 11.7. The standard InChI is InChI=1S/C32H39F2NO6/c1-5-40-18-32(3,4)29-25(33)13-20(14-26(29)34)15-27(36)30-24-8-7-23(41-6-2)17-21(24)9-10-35(30)31(39)22-11-19(12-22)16-28(37)38/h7-8,13-14,17,19,22,30H,5-6,9-12,15-16,18H2,1-4H3,(H,37,38)/t19?,22?,30-/m1/s1. The molecule has 2 aromatic rings. The fourth-order valence-corrected chi connectivity index (χ4v) is 6.13. The average molecular weight is 572 g/mol. The highest BCUT2D eigenvalue weighted by Crippen LogP contribution is 2.41. The van der Waals surface area contributed by atoms with Crippen molar-refractivity contribution >= 4 is 17.7 Å². The fraction of sp³-hybridized carbons (Fsp3) is 0.531. The Hall–Kier alpha value is -3.33. The number of rotatable bonds is 12. The summed E-state index contributed by atoms with van der Waals surface area (Å²) in [5.41, 5.74) is 0.761. The summed E-state index contributed by atoms with van der Waals surface area (Å²) in [5, 5.41) is 9.08. The largest absolute Gasteiger partial charge is 0.494 e. The minimum atomic E-state index is -0.916. The minimum Gasteiger partial charge on any atom is -0.494 e. The number of carboxylic acid groups (broad SMARTS) is 1. The Bertz CT molecular complexity index is 1280. The van der Waals surface area contributed by atoms with Gasteiger partial charge in [-0.05, 0) is 80.0 Å². The number of Topliss-reactive ketones (excluding diaryl/α,β-unsaturated/α-hetero) is 1. The summed E-state index contributed by atoms with van der Waals surface area (Å²) in [4.78, 5) is 40.1. The van der Waals surface area contributed by atoms with Crippen molar-refractivity contribution in [3.63, 3.8) is 0 Å². The van der Waals surface area contributed by atoms with E-state index in [9.17, 15) is 14.4 Å². The number of fused-ring (bicyclic) bond motifs is 1. The predicted octanol–water partition coefficient (Wildman–Crippen LogP) is 5.42. The lowest BCUT2D eigenvalue weighted by atomic mass is 9.72. The third-order valence-corrected chi connectivity index (χ3v) is 8.11. The van der Waals surface area contributed by atoms with E-state index in [1.807, 2.05) is 19.9 Å². The maximum atomic E-state index is 15.2. The molecule has 1 atom stereocenters. The Morgan fingerprint density at radius 3 is 2.34 bits per heavy atom. The molecule has 0 aromatic heterocycles. The summed E-state index contributed by atoms with van der Waals surface area (Å²) < 4.78 is 41.5. The van der Waals surface area contributed by atoms with E-state index in [1.165, 1.54) is 12.1 Å². The van der Waals surface area contributed by atoms with Gasteiger partial charge >= 0.3 is 5.97 Å². The van der Waals surface area contributed by atoms with Gasteiger partial charge in [0.1, 0.15) is 23.4 Å². The number of hydrogen-bond acceptors (Lipinski definition) is 5. The van der Waals surface area contributed by atoms with Crippen molar-refractivity contribution in [2.45, 2.75) is 71.3 Å². The Morgan fingerprint density at radius 2 is 1.73 bits per heavy atom. The lowest BCUT2D eigenvalue weighted by molar-refractivity contribution is -0.149. The van der Waals surface area contributed by atoms with Crippen molar-refractivity contribution in [3.8, 4) is 5.75 Å². The van der Waals surface area contributed by atoms with Crippen molar-refractivity contribution in [2.75, 3.05) is 26.4 Å². The number of halogens is 2. The van der Waals surface area contributed by atoms with Crippen LogP contribution in [0.2, 0.25) is 0 Å². The van der Waals surface area contributed by atoms with Crippen LogP contribution >= 0.6 is 0 Å².